The molecule has 2 aliphatic carbocycles. The minimum atomic E-state index is -6.36. The zero-order valence-electron chi connectivity index (χ0n) is 13.7. The molecule has 0 aromatic rings. The molecule has 2 rings (SSSR count). The van der Waals surface area contributed by atoms with E-state index in [0.29, 0.717) is 11.8 Å². The lowest BCUT2D eigenvalue weighted by molar-refractivity contribution is -0.356. The molecule has 2 saturated carbocycles. The molecule has 0 aromatic carbocycles. The Morgan fingerprint density at radius 2 is 1.65 bits per heavy atom. The summed E-state index contributed by atoms with van der Waals surface area (Å²) in [6.07, 6.45) is -9.40. The van der Waals surface area contributed by atoms with Crippen molar-refractivity contribution in [1.29, 1.82) is 0 Å². The van der Waals surface area contributed by atoms with Crippen LogP contribution in [0.4, 0.5) is 26.3 Å². The summed E-state index contributed by atoms with van der Waals surface area (Å²) in [5, 5.41) is 8.82. The Balaban J connectivity index is 1.90. The Kier molecular flexibility index (Phi) is 5.51. The number of carbonyl (C=O) groups is 2. The first kappa shape index (κ1) is 20.8. The van der Waals surface area contributed by atoms with Crippen LogP contribution in [0.2, 0.25) is 0 Å². The first-order valence-electron chi connectivity index (χ1n) is 8.00. The molecule has 150 valence electrons. The average Bonchev–Trinajstić information content (AvgIpc) is 3.12. The minimum Gasteiger partial charge on any atom is -0.460 e. The van der Waals surface area contributed by atoms with Crippen LogP contribution in [0.3, 0.4) is 0 Å². The van der Waals surface area contributed by atoms with Crippen LogP contribution in [0.15, 0.2) is 0 Å². The lowest BCUT2D eigenvalue weighted by atomic mass is 9.85. The maximum Gasteiger partial charge on any atom is 0.437 e. The van der Waals surface area contributed by atoms with E-state index in [2.05, 4.69) is 4.74 Å². The number of fused-ring (bicyclic) bond motifs is 2. The lowest BCUT2D eigenvalue weighted by Crippen LogP contribution is -2.63. The summed E-state index contributed by atoms with van der Waals surface area (Å²) in [7, 11) is 0. The summed E-state index contributed by atoms with van der Waals surface area (Å²) in [6, 6.07) is 0. The molecule has 2 fully saturated rings. The van der Waals surface area contributed by atoms with Gasteiger partial charge in [0, 0.05) is 0 Å². The third-order valence-electron chi connectivity index (χ3n) is 5.15. The quantitative estimate of drug-likeness (QED) is 0.576. The van der Waals surface area contributed by atoms with Crippen molar-refractivity contribution >= 4 is 11.9 Å². The zero-order chi connectivity index (χ0) is 19.9. The predicted molar refractivity (Wildman–Crippen MR) is 72.5 cm³/mol. The number of hydrogen-bond donors (Lipinski definition) is 1. The molecule has 26 heavy (non-hydrogen) atoms. The van der Waals surface area contributed by atoms with Crippen LogP contribution in [-0.2, 0) is 19.1 Å². The van der Waals surface area contributed by atoms with Gasteiger partial charge in [-0.15, -0.1) is 0 Å². The van der Waals surface area contributed by atoms with E-state index in [4.69, 9.17) is 9.84 Å². The third kappa shape index (κ3) is 3.77. The molecule has 4 atom stereocenters. The Morgan fingerprint density at radius 3 is 2.08 bits per heavy atom. The molecule has 2 bridgehead atoms. The van der Waals surface area contributed by atoms with Gasteiger partial charge in [-0.3, -0.25) is 0 Å². The number of ether oxygens (including phenoxy) is 2. The van der Waals surface area contributed by atoms with Crippen molar-refractivity contribution in [3.8, 4) is 0 Å². The van der Waals surface area contributed by atoms with Crippen molar-refractivity contribution in [3.63, 3.8) is 0 Å². The monoisotopic (exact) mass is 392 g/mol. The normalized spacial score (nSPS) is 27.3. The van der Waals surface area contributed by atoms with Crippen LogP contribution < -0.4 is 0 Å². The second kappa shape index (κ2) is 6.90. The molecule has 0 aromatic heterocycles. The first-order chi connectivity index (χ1) is 11.8. The fourth-order valence-electron chi connectivity index (χ4n) is 3.82. The molecule has 4 unspecified atom stereocenters. The van der Waals surface area contributed by atoms with Gasteiger partial charge in [0.25, 0.3) is 0 Å². The van der Waals surface area contributed by atoms with Crippen molar-refractivity contribution in [2.24, 2.45) is 17.8 Å². The summed E-state index contributed by atoms with van der Waals surface area (Å²) >= 11 is 0. The van der Waals surface area contributed by atoms with Gasteiger partial charge in [0.1, 0.15) is 6.10 Å². The fraction of sp³-hybridized carbons (Fsp3) is 0.867. The van der Waals surface area contributed by atoms with Crippen molar-refractivity contribution in [1.82, 2.24) is 0 Å². The molecule has 0 radical (unpaired) electrons. The van der Waals surface area contributed by atoms with E-state index in [1.54, 1.807) is 6.92 Å². The highest BCUT2D eigenvalue weighted by atomic mass is 19.4. The van der Waals surface area contributed by atoms with Crippen molar-refractivity contribution in [2.75, 3.05) is 6.61 Å². The van der Waals surface area contributed by atoms with E-state index in [9.17, 15) is 35.9 Å². The van der Waals surface area contributed by atoms with Gasteiger partial charge in [0.2, 0.25) is 0 Å². The fourth-order valence-corrected chi connectivity index (χ4v) is 3.82. The number of carbonyl (C=O) groups excluding carboxylic acids is 2. The number of hydrogen-bond acceptors (Lipinski definition) is 5. The average molecular weight is 392 g/mol. The Hall–Kier alpha value is -1.52. The van der Waals surface area contributed by atoms with Crippen LogP contribution in [0.5, 0.6) is 0 Å². The molecule has 0 amide bonds. The summed E-state index contributed by atoms with van der Waals surface area (Å²) in [6.45, 7) is 0.116. The maximum absolute atomic E-state index is 12.5. The SMILES string of the molecule is CC(OC(=O)COC(=O)C(O)(C(F)(F)F)C(F)(F)F)C1CC2CCC1C2. The van der Waals surface area contributed by atoms with E-state index in [1.807, 2.05) is 0 Å². The highest BCUT2D eigenvalue weighted by molar-refractivity contribution is 5.84. The molecule has 2 aliphatic rings. The number of esters is 2. The first-order valence-corrected chi connectivity index (χ1v) is 8.00. The third-order valence-corrected chi connectivity index (χ3v) is 5.15. The largest absolute Gasteiger partial charge is 0.460 e. The molecule has 0 heterocycles. The molecule has 0 aliphatic heterocycles. The summed E-state index contributed by atoms with van der Waals surface area (Å²) in [5.74, 6) is -3.33. The predicted octanol–water partition coefficient (Wildman–Crippen LogP) is 2.75. The minimum absolute atomic E-state index is 0.0654. The molecular weight excluding hydrogens is 374 g/mol. The zero-order valence-corrected chi connectivity index (χ0v) is 13.7. The van der Waals surface area contributed by atoms with Gasteiger partial charge in [-0.05, 0) is 43.9 Å². The number of halogens is 6. The van der Waals surface area contributed by atoms with Crippen molar-refractivity contribution < 1.29 is 50.5 Å². The number of aliphatic hydroxyl groups is 1. The van der Waals surface area contributed by atoms with Crippen LogP contribution in [0, 0.1) is 17.8 Å². The number of alkyl halides is 6. The van der Waals surface area contributed by atoms with Crippen LogP contribution >= 0.6 is 0 Å². The molecule has 5 nitrogen and oxygen atoms in total. The summed E-state index contributed by atoms with van der Waals surface area (Å²) in [5.41, 5.74) is -5.71. The van der Waals surface area contributed by atoms with Gasteiger partial charge in [-0.1, -0.05) is 6.42 Å². The van der Waals surface area contributed by atoms with E-state index < -0.39 is 42.6 Å². The van der Waals surface area contributed by atoms with Gasteiger partial charge < -0.3 is 14.6 Å². The number of rotatable bonds is 5. The van der Waals surface area contributed by atoms with Crippen molar-refractivity contribution in [2.45, 2.75) is 56.7 Å². The van der Waals surface area contributed by atoms with Crippen LogP contribution in [-0.4, -0.2) is 47.7 Å². The summed E-state index contributed by atoms with van der Waals surface area (Å²) in [4.78, 5) is 22.8. The Morgan fingerprint density at radius 1 is 1.08 bits per heavy atom. The van der Waals surface area contributed by atoms with E-state index in [-0.39, 0.29) is 5.92 Å². The van der Waals surface area contributed by atoms with Gasteiger partial charge in [0.15, 0.2) is 6.61 Å². The van der Waals surface area contributed by atoms with Gasteiger partial charge in [-0.2, -0.15) is 26.3 Å². The summed E-state index contributed by atoms with van der Waals surface area (Å²) < 4.78 is 83.6. The van der Waals surface area contributed by atoms with Gasteiger partial charge >= 0.3 is 29.9 Å². The van der Waals surface area contributed by atoms with Gasteiger partial charge in [0.05, 0.1) is 0 Å². The Bertz CT molecular complexity index is 544. The highest BCUT2D eigenvalue weighted by Gasteiger charge is 2.76. The molecule has 11 heteroatoms. The van der Waals surface area contributed by atoms with E-state index in [1.165, 1.54) is 0 Å². The molecule has 1 N–H and O–H groups in total. The van der Waals surface area contributed by atoms with Crippen molar-refractivity contribution in [3.05, 3.63) is 0 Å². The molecule has 0 saturated heterocycles. The van der Waals surface area contributed by atoms with E-state index in [0.717, 1.165) is 25.7 Å². The highest BCUT2D eigenvalue weighted by Crippen LogP contribution is 2.50. The smallest absolute Gasteiger partial charge is 0.437 e. The second-order valence-electron chi connectivity index (χ2n) is 6.82. The maximum atomic E-state index is 12.5. The lowest BCUT2D eigenvalue weighted by Gasteiger charge is -2.30. The molecule has 0 spiro atoms. The van der Waals surface area contributed by atoms with Crippen LogP contribution in [0.25, 0.3) is 0 Å². The Labute approximate surface area is 144 Å². The van der Waals surface area contributed by atoms with Crippen LogP contribution in [0.1, 0.15) is 32.6 Å². The molecular formula is C15H18F6O5. The van der Waals surface area contributed by atoms with Gasteiger partial charge in [-0.25, -0.2) is 9.59 Å². The second-order valence-corrected chi connectivity index (χ2v) is 6.82. The topological polar surface area (TPSA) is 72.8 Å². The van der Waals surface area contributed by atoms with E-state index >= 15 is 0 Å². The standard InChI is InChI=1S/C15H18F6O5/c1-7(10-5-8-2-3-9(10)4-8)26-11(22)6-25-12(23)13(24,14(16,17)18)15(19,20)21/h7-10,24H,2-6H2,1H3.